The minimum atomic E-state index is 1.25. The van der Waals surface area contributed by atoms with E-state index in [-0.39, 0.29) is 0 Å². The molecule has 0 N–H and O–H groups in total. The van der Waals surface area contributed by atoms with Crippen LogP contribution < -0.4 is 0 Å². The van der Waals surface area contributed by atoms with E-state index in [4.69, 9.17) is 0 Å². The number of hydrogen-bond acceptors (Lipinski definition) is 0. The molecule has 0 saturated carbocycles. The quantitative estimate of drug-likeness (QED) is 0.0305. The maximum atomic E-state index is 2.82. The van der Waals surface area contributed by atoms with E-state index < -0.39 is 0 Å². The molecule has 480 valence electrons. The third-order valence-electron chi connectivity index (χ3n) is 20.2. The van der Waals surface area contributed by atoms with Crippen LogP contribution in [0.3, 0.4) is 0 Å². The van der Waals surface area contributed by atoms with Crippen molar-refractivity contribution in [3.63, 3.8) is 0 Å². The molecule has 84 heavy (non-hydrogen) atoms. The van der Waals surface area contributed by atoms with E-state index in [2.05, 4.69) is 77.9 Å². The van der Waals surface area contributed by atoms with Gasteiger partial charge in [0.2, 0.25) is 0 Å². The zero-order valence-electron chi connectivity index (χ0n) is 57.9. The van der Waals surface area contributed by atoms with E-state index in [1.807, 2.05) is 0 Å². The summed E-state index contributed by atoms with van der Waals surface area (Å²) >= 11 is 0. The van der Waals surface area contributed by atoms with Crippen LogP contribution >= 0.6 is 0 Å². The van der Waals surface area contributed by atoms with Gasteiger partial charge in [0.15, 0.2) is 0 Å². The molecule has 0 aliphatic carbocycles. The first-order valence-corrected chi connectivity index (χ1v) is 39.1. The highest BCUT2D eigenvalue weighted by atomic mass is 14.2. The van der Waals surface area contributed by atoms with Gasteiger partial charge in [-0.3, -0.25) is 0 Å². The summed E-state index contributed by atoms with van der Waals surface area (Å²) in [6, 6.07) is 16.9. The molecule has 0 nitrogen and oxygen atoms in total. The Hall–Kier alpha value is -2.34. The number of unbranched alkanes of at least 4 members (excludes halogenated alkanes) is 48. The molecule has 4 aromatic rings. The zero-order valence-corrected chi connectivity index (χ0v) is 57.9. The Bertz CT molecular complexity index is 1730. The molecule has 0 atom stereocenters. The van der Waals surface area contributed by atoms with Crippen molar-refractivity contribution in [1.82, 2.24) is 0 Å². The molecule has 0 spiro atoms. The van der Waals surface area contributed by atoms with Gasteiger partial charge in [-0.1, -0.05) is 386 Å². The minimum absolute atomic E-state index is 1.25. The van der Waals surface area contributed by atoms with Crippen molar-refractivity contribution in [3.8, 4) is 0 Å². The first-order valence-electron chi connectivity index (χ1n) is 39.1. The third-order valence-corrected chi connectivity index (χ3v) is 20.2. The lowest BCUT2D eigenvalue weighted by molar-refractivity contribution is 0.561. The number of rotatable bonds is 60. The molecule has 0 radical (unpaired) electrons. The molecule has 0 heterocycles. The molecular formula is C84H144. The van der Waals surface area contributed by atoms with Gasteiger partial charge in [-0.05, 0) is 143 Å². The summed E-state index contributed by atoms with van der Waals surface area (Å²) in [6.07, 6.45) is 83.3. The largest absolute Gasteiger partial charge is 0.0654 e. The van der Waals surface area contributed by atoms with Gasteiger partial charge < -0.3 is 0 Å². The van der Waals surface area contributed by atoms with Crippen molar-refractivity contribution in [2.24, 2.45) is 0 Å². The van der Waals surface area contributed by atoms with Gasteiger partial charge in [0.1, 0.15) is 0 Å². The highest BCUT2D eigenvalue weighted by Crippen LogP contribution is 2.41. The highest BCUT2D eigenvalue weighted by molar-refractivity contribution is 6.26. The van der Waals surface area contributed by atoms with Crippen LogP contribution in [0, 0.1) is 0 Å². The summed E-state index contributed by atoms with van der Waals surface area (Å²) < 4.78 is 0. The molecule has 0 aliphatic heterocycles. The predicted octanol–water partition coefficient (Wildman–Crippen LogP) is 29.6. The van der Waals surface area contributed by atoms with Crippen LogP contribution in [0.4, 0.5) is 0 Å². The molecule has 0 unspecified atom stereocenters. The second kappa shape index (κ2) is 51.5. The minimum Gasteiger partial charge on any atom is -0.0654 e. The van der Waals surface area contributed by atoms with E-state index in [0.717, 1.165) is 0 Å². The van der Waals surface area contributed by atoms with Crippen LogP contribution in [-0.4, -0.2) is 0 Å². The molecule has 0 aliphatic rings. The molecule has 4 rings (SSSR count). The number of aryl methyl sites for hydroxylation is 6. The Morgan fingerprint density at radius 2 is 0.226 bits per heavy atom. The van der Waals surface area contributed by atoms with Gasteiger partial charge >= 0.3 is 0 Å². The lowest BCUT2D eigenvalue weighted by Gasteiger charge is -2.21. The fourth-order valence-electron chi connectivity index (χ4n) is 14.6. The second-order valence-electron chi connectivity index (χ2n) is 28.0. The van der Waals surface area contributed by atoms with Crippen LogP contribution in [0.5, 0.6) is 0 Å². The Labute approximate surface area is 526 Å². The molecule has 4 aromatic carbocycles. The number of hydrogen-bond donors (Lipinski definition) is 0. The van der Waals surface area contributed by atoms with Crippen LogP contribution in [0.25, 0.3) is 32.3 Å². The van der Waals surface area contributed by atoms with Crippen LogP contribution in [0.1, 0.15) is 422 Å². The smallest absolute Gasteiger partial charge is 0.00959 e. The highest BCUT2D eigenvalue weighted by Gasteiger charge is 2.18. The SMILES string of the molecule is CCCCCCCCCCCc1cc2c3cc(CCCCCCCCCCC)c(CCCCCCCCCCC)cc3c3cc(CCCCCCCCCCC)c(CCCCCCCCCCC)cc3c2cc1CCCCCCCCCCC. The van der Waals surface area contributed by atoms with Crippen molar-refractivity contribution in [2.45, 2.75) is 427 Å². The first-order chi connectivity index (χ1) is 41.6. The van der Waals surface area contributed by atoms with Crippen LogP contribution in [0.2, 0.25) is 0 Å². The lowest BCUT2D eigenvalue weighted by atomic mass is 9.84. The van der Waals surface area contributed by atoms with Gasteiger partial charge in [0, 0.05) is 0 Å². The number of fused-ring (bicyclic) bond motifs is 6. The third kappa shape index (κ3) is 32.2. The zero-order chi connectivity index (χ0) is 59.6. The van der Waals surface area contributed by atoms with Crippen molar-refractivity contribution < 1.29 is 0 Å². The van der Waals surface area contributed by atoms with Gasteiger partial charge in [-0.25, -0.2) is 0 Å². The van der Waals surface area contributed by atoms with Crippen molar-refractivity contribution in [1.29, 1.82) is 0 Å². The van der Waals surface area contributed by atoms with E-state index in [1.54, 1.807) is 65.7 Å². The summed E-state index contributed by atoms with van der Waals surface area (Å²) in [4.78, 5) is 0. The van der Waals surface area contributed by atoms with Crippen LogP contribution in [-0.2, 0) is 38.5 Å². The monoisotopic (exact) mass is 1150 g/mol. The fraction of sp³-hybridized carbons (Fsp3) is 0.786. The van der Waals surface area contributed by atoms with Gasteiger partial charge in [-0.15, -0.1) is 0 Å². The molecule has 0 saturated heterocycles. The van der Waals surface area contributed by atoms with Gasteiger partial charge in [-0.2, -0.15) is 0 Å². The average molecular weight is 1150 g/mol. The van der Waals surface area contributed by atoms with Crippen molar-refractivity contribution >= 4 is 32.3 Å². The van der Waals surface area contributed by atoms with Gasteiger partial charge in [0.25, 0.3) is 0 Å². The maximum absolute atomic E-state index is 2.82. The Morgan fingerprint density at radius 1 is 0.131 bits per heavy atom. The standard InChI is InChI=1S/C84H144/c1-7-13-19-25-31-37-43-49-55-61-73-67-79-80(68-74(73)62-56-50-44-38-32-26-20-14-8-2)82-70-76(64-58-52-46-40-34-28-22-16-10-4)78(66-60-54-48-42-36-30-24-18-12-6)72-84(82)83-71-77(65-59-53-47-41-35-29-23-17-11-5)75(69-81(79)83)63-57-51-45-39-33-27-21-15-9-3/h67-72H,7-66H2,1-6H3. The maximum Gasteiger partial charge on any atom is -0.00959 e. The Kier molecular flexibility index (Phi) is 45.5. The van der Waals surface area contributed by atoms with Gasteiger partial charge in [0.05, 0.1) is 0 Å². The Balaban J connectivity index is 1.82. The van der Waals surface area contributed by atoms with E-state index in [1.165, 1.54) is 385 Å². The molecule has 0 bridgehead atoms. The molecule has 0 fully saturated rings. The van der Waals surface area contributed by atoms with E-state index in [9.17, 15) is 0 Å². The first kappa shape index (κ1) is 74.1. The summed E-state index contributed by atoms with van der Waals surface area (Å²) in [5.41, 5.74) is 10.2. The summed E-state index contributed by atoms with van der Waals surface area (Å²) in [7, 11) is 0. The molecule has 0 aromatic heterocycles. The molecular weight excluding hydrogens is 1010 g/mol. The topological polar surface area (TPSA) is 0 Å². The Morgan fingerprint density at radius 3 is 0.333 bits per heavy atom. The molecule has 0 amide bonds. The summed E-state index contributed by atoms with van der Waals surface area (Å²) in [5, 5.41) is 9.52. The van der Waals surface area contributed by atoms with E-state index >= 15 is 0 Å². The second-order valence-corrected chi connectivity index (χ2v) is 28.0. The van der Waals surface area contributed by atoms with Crippen molar-refractivity contribution in [2.75, 3.05) is 0 Å². The predicted molar refractivity (Wildman–Crippen MR) is 385 cm³/mol. The van der Waals surface area contributed by atoms with Crippen molar-refractivity contribution in [3.05, 3.63) is 69.8 Å². The van der Waals surface area contributed by atoms with Crippen LogP contribution in [0.15, 0.2) is 36.4 Å². The van der Waals surface area contributed by atoms with E-state index in [0.29, 0.717) is 0 Å². The summed E-state index contributed by atoms with van der Waals surface area (Å²) in [5.74, 6) is 0. The lowest BCUT2D eigenvalue weighted by Crippen LogP contribution is -2.01. The average Bonchev–Trinajstić information content (AvgIpc) is 1.86. The normalized spacial score (nSPS) is 11.9. The fourth-order valence-corrected chi connectivity index (χ4v) is 14.6. The summed E-state index contributed by atoms with van der Waals surface area (Å²) in [6.45, 7) is 14.1. The number of benzene rings is 4. The molecule has 0 heteroatoms.